The highest BCUT2D eigenvalue weighted by molar-refractivity contribution is 5.83. The van der Waals surface area contributed by atoms with Crippen molar-refractivity contribution < 1.29 is 9.50 Å². The molecule has 0 aliphatic heterocycles. The molecule has 0 spiro atoms. The lowest BCUT2D eigenvalue weighted by Crippen LogP contribution is -2.03. The molecule has 3 N–H and O–H groups in total. The van der Waals surface area contributed by atoms with Crippen LogP contribution in [0.1, 0.15) is 0 Å². The van der Waals surface area contributed by atoms with Crippen LogP contribution in [0.3, 0.4) is 0 Å². The van der Waals surface area contributed by atoms with Crippen molar-refractivity contribution in [3.8, 4) is 28.3 Å². The van der Waals surface area contributed by atoms with Gasteiger partial charge in [0.05, 0.1) is 11.4 Å². The average Bonchev–Trinajstić information content (AvgIpc) is 3.06. The number of phenolic OH excluding ortho intramolecular Hbond substituents is 1. The zero-order valence-electron chi connectivity index (χ0n) is 12.5. The van der Waals surface area contributed by atoms with E-state index in [0.29, 0.717) is 16.9 Å². The first kappa shape index (κ1) is 14.2. The van der Waals surface area contributed by atoms with Crippen molar-refractivity contribution in [3.05, 3.63) is 66.7 Å². The molecule has 24 heavy (non-hydrogen) atoms. The van der Waals surface area contributed by atoms with Gasteiger partial charge in [0.15, 0.2) is 11.5 Å². The number of rotatable bonds is 2. The smallest absolute Gasteiger partial charge is 0.180 e. The minimum absolute atomic E-state index is 0.163. The second kappa shape index (κ2) is 5.34. The number of halogens is 1. The van der Waals surface area contributed by atoms with Gasteiger partial charge in [-0.3, -0.25) is 4.40 Å². The number of nitrogens with two attached hydrogens (primary N) is 1. The molecule has 0 saturated carbocycles. The molecule has 6 heteroatoms. The van der Waals surface area contributed by atoms with Gasteiger partial charge in [-0.05, 0) is 36.4 Å². The second-order valence-corrected chi connectivity index (χ2v) is 5.37. The van der Waals surface area contributed by atoms with Crippen LogP contribution in [0.15, 0.2) is 60.9 Å². The average molecular weight is 320 g/mol. The summed E-state index contributed by atoms with van der Waals surface area (Å²) < 4.78 is 15.5. The molecule has 0 bridgehead atoms. The number of aromatic nitrogens is 3. The van der Waals surface area contributed by atoms with Gasteiger partial charge in [0.25, 0.3) is 0 Å². The van der Waals surface area contributed by atoms with E-state index in [4.69, 9.17) is 5.73 Å². The largest absolute Gasteiger partial charge is 0.508 e. The highest BCUT2D eigenvalue weighted by Gasteiger charge is 2.17. The van der Waals surface area contributed by atoms with E-state index in [1.54, 1.807) is 48.8 Å². The molecular formula is C18H13FN4O. The SMILES string of the molecule is Nc1nc(-c2cccc(F)c2)c(-c2ccc(O)cc2)n2ccnc12. The Morgan fingerprint density at radius 1 is 1.04 bits per heavy atom. The molecule has 0 unspecified atom stereocenters. The quantitative estimate of drug-likeness (QED) is 0.593. The summed E-state index contributed by atoms with van der Waals surface area (Å²) >= 11 is 0. The van der Waals surface area contributed by atoms with Crippen molar-refractivity contribution >= 4 is 11.5 Å². The Hall–Kier alpha value is -3.41. The van der Waals surface area contributed by atoms with Crippen LogP contribution < -0.4 is 5.73 Å². The van der Waals surface area contributed by atoms with Crippen molar-refractivity contribution in [3.63, 3.8) is 0 Å². The fourth-order valence-electron chi connectivity index (χ4n) is 2.74. The van der Waals surface area contributed by atoms with E-state index in [2.05, 4.69) is 9.97 Å². The van der Waals surface area contributed by atoms with E-state index in [1.165, 1.54) is 12.1 Å². The molecule has 2 aromatic heterocycles. The third kappa shape index (κ3) is 2.25. The van der Waals surface area contributed by atoms with Crippen LogP contribution in [0.4, 0.5) is 10.2 Å². The number of fused-ring (bicyclic) bond motifs is 1. The summed E-state index contributed by atoms with van der Waals surface area (Å²) in [5.41, 5.74) is 9.23. The van der Waals surface area contributed by atoms with Crippen molar-refractivity contribution in [1.82, 2.24) is 14.4 Å². The first-order valence-electron chi connectivity index (χ1n) is 7.31. The van der Waals surface area contributed by atoms with Gasteiger partial charge >= 0.3 is 0 Å². The number of phenols is 1. The van der Waals surface area contributed by atoms with E-state index >= 15 is 0 Å². The Labute approximate surface area is 136 Å². The van der Waals surface area contributed by atoms with Crippen LogP contribution in [0, 0.1) is 5.82 Å². The van der Waals surface area contributed by atoms with Crippen LogP contribution >= 0.6 is 0 Å². The Morgan fingerprint density at radius 3 is 2.58 bits per heavy atom. The summed E-state index contributed by atoms with van der Waals surface area (Å²) in [6, 6.07) is 12.9. The van der Waals surface area contributed by atoms with E-state index in [0.717, 1.165) is 11.3 Å². The van der Waals surface area contributed by atoms with Gasteiger partial charge in [-0.15, -0.1) is 0 Å². The molecule has 0 radical (unpaired) electrons. The molecule has 2 heterocycles. The van der Waals surface area contributed by atoms with Gasteiger partial charge in [0.1, 0.15) is 11.6 Å². The van der Waals surface area contributed by atoms with Gasteiger partial charge in [-0.1, -0.05) is 12.1 Å². The van der Waals surface area contributed by atoms with Crippen LogP contribution in [0.2, 0.25) is 0 Å². The summed E-state index contributed by atoms with van der Waals surface area (Å²) in [7, 11) is 0. The molecule has 5 nitrogen and oxygen atoms in total. The lowest BCUT2D eigenvalue weighted by atomic mass is 10.0. The van der Waals surface area contributed by atoms with Gasteiger partial charge in [0, 0.05) is 23.5 Å². The predicted octanol–water partition coefficient (Wildman–Crippen LogP) is 3.49. The van der Waals surface area contributed by atoms with Crippen LogP contribution in [-0.4, -0.2) is 19.5 Å². The minimum atomic E-state index is -0.352. The number of imidazole rings is 1. The van der Waals surface area contributed by atoms with Crippen molar-refractivity contribution in [2.75, 3.05) is 5.73 Å². The van der Waals surface area contributed by atoms with Crippen LogP contribution in [0.25, 0.3) is 28.2 Å². The number of nitrogens with zero attached hydrogens (tertiary/aromatic N) is 3. The molecule has 118 valence electrons. The van der Waals surface area contributed by atoms with Crippen LogP contribution in [0.5, 0.6) is 5.75 Å². The second-order valence-electron chi connectivity index (χ2n) is 5.37. The van der Waals surface area contributed by atoms with E-state index in [-0.39, 0.29) is 17.4 Å². The number of hydrogen-bond acceptors (Lipinski definition) is 4. The van der Waals surface area contributed by atoms with Crippen LogP contribution in [-0.2, 0) is 0 Å². The maximum atomic E-state index is 13.7. The zero-order valence-corrected chi connectivity index (χ0v) is 12.5. The Balaban J connectivity index is 2.08. The summed E-state index contributed by atoms with van der Waals surface area (Å²) in [6.45, 7) is 0. The summed E-state index contributed by atoms with van der Waals surface area (Å²) in [5.74, 6) is 0.0772. The topological polar surface area (TPSA) is 76.4 Å². The molecule has 0 fully saturated rings. The third-order valence-electron chi connectivity index (χ3n) is 3.81. The normalized spacial score (nSPS) is 11.0. The molecule has 0 aliphatic carbocycles. The first-order chi connectivity index (χ1) is 11.6. The Morgan fingerprint density at radius 2 is 1.83 bits per heavy atom. The first-order valence-corrected chi connectivity index (χ1v) is 7.31. The molecule has 2 aromatic carbocycles. The highest BCUT2D eigenvalue weighted by atomic mass is 19.1. The van der Waals surface area contributed by atoms with Gasteiger partial charge < -0.3 is 10.8 Å². The molecule has 4 rings (SSSR count). The number of benzene rings is 2. The van der Waals surface area contributed by atoms with Crippen molar-refractivity contribution in [1.29, 1.82) is 0 Å². The lowest BCUT2D eigenvalue weighted by Gasteiger charge is -2.13. The van der Waals surface area contributed by atoms with Gasteiger partial charge in [-0.2, -0.15) is 0 Å². The maximum Gasteiger partial charge on any atom is 0.180 e. The van der Waals surface area contributed by atoms with Crippen molar-refractivity contribution in [2.45, 2.75) is 0 Å². The third-order valence-corrected chi connectivity index (χ3v) is 3.81. The number of aromatic hydroxyl groups is 1. The fourth-order valence-corrected chi connectivity index (χ4v) is 2.74. The molecular weight excluding hydrogens is 307 g/mol. The summed E-state index contributed by atoms with van der Waals surface area (Å²) in [5, 5.41) is 9.54. The van der Waals surface area contributed by atoms with Crippen molar-refractivity contribution in [2.24, 2.45) is 0 Å². The molecule has 0 amide bonds. The minimum Gasteiger partial charge on any atom is -0.508 e. The standard InChI is InChI=1S/C18H13FN4O/c19-13-3-1-2-12(10-13)15-16(11-4-6-14(24)7-5-11)23-9-8-21-18(23)17(20)22-15/h1-10,24H,(H2,20,22). The number of hydrogen-bond donors (Lipinski definition) is 2. The van der Waals surface area contributed by atoms with Gasteiger partial charge in [-0.25, -0.2) is 14.4 Å². The fraction of sp³-hybridized carbons (Fsp3) is 0. The molecule has 4 aromatic rings. The van der Waals surface area contributed by atoms with E-state index < -0.39 is 0 Å². The predicted molar refractivity (Wildman–Crippen MR) is 89.9 cm³/mol. The zero-order chi connectivity index (χ0) is 16.7. The highest BCUT2D eigenvalue weighted by Crippen LogP contribution is 2.33. The van der Waals surface area contributed by atoms with E-state index in [9.17, 15) is 9.50 Å². The number of nitrogen functional groups attached to an aromatic ring is 1. The maximum absolute atomic E-state index is 13.7. The molecule has 0 aliphatic rings. The lowest BCUT2D eigenvalue weighted by molar-refractivity contribution is 0.475. The summed E-state index contributed by atoms with van der Waals surface area (Å²) in [4.78, 5) is 8.68. The Kier molecular flexibility index (Phi) is 3.16. The number of anilines is 1. The molecule has 0 saturated heterocycles. The van der Waals surface area contributed by atoms with E-state index in [1.807, 2.05) is 4.40 Å². The summed E-state index contributed by atoms with van der Waals surface area (Å²) in [6.07, 6.45) is 3.41. The molecule has 0 atom stereocenters. The monoisotopic (exact) mass is 320 g/mol. The Bertz CT molecular complexity index is 1040. The van der Waals surface area contributed by atoms with Gasteiger partial charge in [0.2, 0.25) is 0 Å².